The summed E-state index contributed by atoms with van der Waals surface area (Å²) in [6, 6.07) is 14.9. The van der Waals surface area contributed by atoms with E-state index in [0.717, 1.165) is 28.1 Å². The third-order valence-corrected chi connectivity index (χ3v) is 5.86. The van der Waals surface area contributed by atoms with E-state index < -0.39 is 0 Å². The van der Waals surface area contributed by atoms with Gasteiger partial charge in [0.15, 0.2) is 5.11 Å². The van der Waals surface area contributed by atoms with Crippen LogP contribution in [0.3, 0.4) is 0 Å². The number of aromatic nitrogens is 2. The fourth-order valence-corrected chi connectivity index (χ4v) is 4.20. The van der Waals surface area contributed by atoms with Gasteiger partial charge in [0.2, 0.25) is 5.82 Å². The molecule has 0 radical (unpaired) electrons. The molecule has 2 aromatic carbocycles. The van der Waals surface area contributed by atoms with Crippen LogP contribution in [0, 0.1) is 0 Å². The fraction of sp³-hybridized carbons (Fsp3) is 0.261. The van der Waals surface area contributed by atoms with Crippen LogP contribution in [0.1, 0.15) is 24.4 Å². The molecule has 32 heavy (non-hydrogen) atoms. The number of ether oxygens (including phenoxy) is 2. The van der Waals surface area contributed by atoms with Crippen molar-refractivity contribution < 1.29 is 14.0 Å². The number of hydrogen-bond acceptors (Lipinski definition) is 6. The molecule has 0 aliphatic carbocycles. The molecule has 7 nitrogen and oxygen atoms in total. The van der Waals surface area contributed by atoms with Gasteiger partial charge in [-0.15, -0.1) is 0 Å². The molecule has 1 N–H and O–H groups in total. The molecule has 9 heteroatoms. The highest BCUT2D eigenvalue weighted by molar-refractivity contribution is 7.80. The lowest BCUT2D eigenvalue weighted by Gasteiger charge is -2.37. The zero-order valence-electron chi connectivity index (χ0n) is 18.0. The van der Waals surface area contributed by atoms with Crippen molar-refractivity contribution in [3.63, 3.8) is 0 Å². The van der Waals surface area contributed by atoms with Gasteiger partial charge in [-0.05, 0) is 49.0 Å². The Morgan fingerprint density at radius 2 is 2.00 bits per heavy atom. The highest BCUT2D eigenvalue weighted by Crippen LogP contribution is 2.38. The molecular formula is C23H23ClN4O3S. The summed E-state index contributed by atoms with van der Waals surface area (Å²) in [6.45, 7) is 3.11. The minimum absolute atomic E-state index is 0.288. The Kier molecular flexibility index (Phi) is 6.74. The Morgan fingerprint density at radius 3 is 2.75 bits per heavy atom. The number of nitrogens with zero attached hydrogens (tertiary/aromatic N) is 3. The van der Waals surface area contributed by atoms with Crippen molar-refractivity contribution >= 4 is 34.5 Å². The van der Waals surface area contributed by atoms with E-state index in [2.05, 4.69) is 15.5 Å². The van der Waals surface area contributed by atoms with Crippen molar-refractivity contribution in [2.24, 2.45) is 0 Å². The van der Waals surface area contributed by atoms with Gasteiger partial charge in [-0.3, -0.25) is 0 Å². The normalized spacial score (nSPS) is 16.3. The van der Waals surface area contributed by atoms with Crippen LogP contribution in [0.25, 0.3) is 17.0 Å². The summed E-state index contributed by atoms with van der Waals surface area (Å²) < 4.78 is 16.4. The molecule has 1 atom stereocenters. The molecule has 0 amide bonds. The molecule has 0 bridgehead atoms. The van der Waals surface area contributed by atoms with Crippen LogP contribution in [0.4, 0.5) is 0 Å². The summed E-state index contributed by atoms with van der Waals surface area (Å²) in [6.07, 6.45) is 0. The van der Waals surface area contributed by atoms with Gasteiger partial charge in [-0.2, -0.15) is 4.98 Å². The van der Waals surface area contributed by atoms with Gasteiger partial charge < -0.3 is 24.2 Å². The first-order valence-electron chi connectivity index (χ1n) is 10.0. The van der Waals surface area contributed by atoms with Crippen LogP contribution in [0.2, 0.25) is 5.02 Å². The van der Waals surface area contributed by atoms with Gasteiger partial charge in [-0.1, -0.05) is 41.0 Å². The molecule has 2 heterocycles. The number of rotatable bonds is 7. The molecule has 0 fully saturated rings. The quantitative estimate of drug-likeness (QED) is 0.498. The van der Waals surface area contributed by atoms with E-state index in [1.54, 1.807) is 26.4 Å². The Hall–Kier alpha value is -2.94. The lowest BCUT2D eigenvalue weighted by atomic mass is 9.94. The van der Waals surface area contributed by atoms with E-state index in [0.29, 0.717) is 35.0 Å². The molecule has 166 valence electrons. The monoisotopic (exact) mass is 470 g/mol. The first-order chi connectivity index (χ1) is 15.5. The average Bonchev–Trinajstić information content (AvgIpc) is 3.28. The topological polar surface area (TPSA) is 72.7 Å². The number of thiocarbonyl (C=S) groups is 1. The van der Waals surface area contributed by atoms with Gasteiger partial charge in [0, 0.05) is 29.9 Å². The molecule has 1 unspecified atom stereocenters. The lowest BCUT2D eigenvalue weighted by Crippen LogP contribution is -2.47. The summed E-state index contributed by atoms with van der Waals surface area (Å²) in [5.41, 5.74) is 3.50. The molecule has 1 aromatic heterocycles. The summed E-state index contributed by atoms with van der Waals surface area (Å²) in [4.78, 5) is 6.67. The first kappa shape index (κ1) is 22.3. The minimum atomic E-state index is -0.288. The van der Waals surface area contributed by atoms with Crippen LogP contribution in [0.15, 0.2) is 58.8 Å². The molecular weight excluding hydrogens is 448 g/mol. The molecule has 0 saturated heterocycles. The SMILES string of the molecule is COCCN1C(=S)NC(c2cccc(OC)c2)C(c2nc(-c3cccc(Cl)c3)no2)=C1C. The number of halogens is 1. The molecule has 4 rings (SSSR count). The van der Waals surface area contributed by atoms with Crippen molar-refractivity contribution in [2.45, 2.75) is 13.0 Å². The number of nitrogens with one attached hydrogen (secondary N) is 1. The Morgan fingerprint density at radius 1 is 1.19 bits per heavy atom. The van der Waals surface area contributed by atoms with Crippen molar-refractivity contribution in [1.29, 1.82) is 0 Å². The largest absolute Gasteiger partial charge is 0.497 e. The zero-order chi connectivity index (χ0) is 22.7. The van der Waals surface area contributed by atoms with Crippen molar-refractivity contribution in [3.05, 3.63) is 70.7 Å². The van der Waals surface area contributed by atoms with Crippen molar-refractivity contribution in [1.82, 2.24) is 20.4 Å². The van der Waals surface area contributed by atoms with Gasteiger partial charge >= 0.3 is 0 Å². The first-order valence-corrected chi connectivity index (χ1v) is 10.8. The predicted octanol–water partition coefficient (Wildman–Crippen LogP) is 4.71. The number of benzene rings is 2. The van der Waals surface area contributed by atoms with E-state index in [1.165, 1.54) is 0 Å². The fourth-order valence-electron chi connectivity index (χ4n) is 3.66. The average molecular weight is 471 g/mol. The maximum atomic E-state index is 6.14. The van der Waals surface area contributed by atoms with Crippen LogP contribution in [0.5, 0.6) is 5.75 Å². The van der Waals surface area contributed by atoms with Crippen molar-refractivity contribution in [2.75, 3.05) is 27.4 Å². The van der Waals surface area contributed by atoms with Crippen molar-refractivity contribution in [3.8, 4) is 17.1 Å². The number of hydrogen-bond donors (Lipinski definition) is 1. The summed E-state index contributed by atoms with van der Waals surface area (Å²) in [5, 5.41) is 8.83. The van der Waals surface area contributed by atoms with E-state index in [9.17, 15) is 0 Å². The summed E-state index contributed by atoms with van der Waals surface area (Å²) >= 11 is 11.8. The lowest BCUT2D eigenvalue weighted by molar-refractivity contribution is 0.183. The Labute approximate surface area is 197 Å². The predicted molar refractivity (Wildman–Crippen MR) is 127 cm³/mol. The highest BCUT2D eigenvalue weighted by Gasteiger charge is 2.34. The second-order valence-electron chi connectivity index (χ2n) is 7.24. The summed E-state index contributed by atoms with van der Waals surface area (Å²) in [7, 11) is 3.30. The van der Waals surface area contributed by atoms with Crippen LogP contribution in [-0.2, 0) is 4.74 Å². The second-order valence-corrected chi connectivity index (χ2v) is 8.06. The molecule has 0 saturated carbocycles. The Bertz CT molecular complexity index is 1160. The third kappa shape index (κ3) is 4.48. The molecule has 1 aliphatic rings. The van der Waals surface area contributed by atoms with Gasteiger partial charge in [-0.25, -0.2) is 0 Å². The Balaban J connectivity index is 1.81. The highest BCUT2D eigenvalue weighted by atomic mass is 35.5. The smallest absolute Gasteiger partial charge is 0.258 e. The van der Waals surface area contributed by atoms with Gasteiger partial charge in [0.1, 0.15) is 5.75 Å². The van der Waals surface area contributed by atoms with Crippen LogP contribution >= 0.6 is 23.8 Å². The van der Waals surface area contributed by atoms with E-state index in [4.69, 9.17) is 37.8 Å². The zero-order valence-corrected chi connectivity index (χ0v) is 19.5. The van der Waals surface area contributed by atoms with Crippen LogP contribution < -0.4 is 10.1 Å². The second kappa shape index (κ2) is 9.68. The molecule has 1 aliphatic heterocycles. The third-order valence-electron chi connectivity index (χ3n) is 5.28. The number of allylic oxidation sites excluding steroid dienone is 1. The summed E-state index contributed by atoms with van der Waals surface area (Å²) in [5.74, 6) is 1.62. The maximum Gasteiger partial charge on any atom is 0.258 e. The molecule has 3 aromatic rings. The minimum Gasteiger partial charge on any atom is -0.497 e. The number of methoxy groups -OCH3 is 2. The van der Waals surface area contributed by atoms with Gasteiger partial charge in [0.25, 0.3) is 5.89 Å². The van der Waals surface area contributed by atoms with E-state index in [-0.39, 0.29) is 6.04 Å². The van der Waals surface area contributed by atoms with E-state index in [1.807, 2.05) is 48.2 Å². The molecule has 0 spiro atoms. The van der Waals surface area contributed by atoms with Crippen LogP contribution in [-0.4, -0.2) is 47.5 Å². The maximum absolute atomic E-state index is 6.14. The van der Waals surface area contributed by atoms with Gasteiger partial charge in [0.05, 0.1) is 25.3 Å². The standard InChI is InChI=1S/C23H23ClN4O3S/c1-14-19(22-26-21(27-31-22)16-7-4-8-17(24)12-16)20(15-6-5-9-18(13-15)30-3)25-23(32)28(14)10-11-29-2/h4-9,12-13,20H,10-11H2,1-3H3,(H,25,32). The van der Waals surface area contributed by atoms with E-state index >= 15 is 0 Å².